The SMILES string of the molecule is C#CC1C=CCC2C(=O)OC(=O)C12. The molecule has 1 fully saturated rings. The largest absolute Gasteiger partial charge is 0.393 e. The highest BCUT2D eigenvalue weighted by atomic mass is 16.6. The van der Waals surface area contributed by atoms with Gasteiger partial charge in [-0.1, -0.05) is 18.1 Å². The Morgan fingerprint density at radius 3 is 2.92 bits per heavy atom. The first-order valence-electron chi connectivity index (χ1n) is 4.12. The Balaban J connectivity index is 2.36. The van der Waals surface area contributed by atoms with Gasteiger partial charge in [-0.25, -0.2) is 0 Å². The zero-order valence-corrected chi connectivity index (χ0v) is 6.90. The fraction of sp³-hybridized carbons (Fsp3) is 0.400. The van der Waals surface area contributed by atoms with E-state index in [1.807, 2.05) is 6.08 Å². The van der Waals surface area contributed by atoms with Crippen LogP contribution >= 0.6 is 0 Å². The predicted molar refractivity (Wildman–Crippen MR) is 44.2 cm³/mol. The van der Waals surface area contributed by atoms with Crippen molar-refractivity contribution in [2.75, 3.05) is 0 Å². The van der Waals surface area contributed by atoms with Crippen LogP contribution in [0.5, 0.6) is 0 Å². The highest BCUT2D eigenvalue weighted by Gasteiger charge is 2.48. The van der Waals surface area contributed by atoms with Gasteiger partial charge < -0.3 is 4.74 Å². The second kappa shape index (κ2) is 2.74. The van der Waals surface area contributed by atoms with Crippen LogP contribution in [0.15, 0.2) is 12.2 Å². The number of hydrogen-bond donors (Lipinski definition) is 0. The molecule has 3 unspecified atom stereocenters. The predicted octanol–water partition coefficient (Wildman–Crippen LogP) is 0.511. The molecule has 3 atom stereocenters. The lowest BCUT2D eigenvalue weighted by Crippen LogP contribution is -2.26. The number of cyclic esters (lactones) is 2. The average Bonchev–Trinajstić information content (AvgIpc) is 2.43. The highest BCUT2D eigenvalue weighted by molar-refractivity contribution is 5.97. The van der Waals surface area contributed by atoms with Crippen LogP contribution in [0.2, 0.25) is 0 Å². The van der Waals surface area contributed by atoms with Crippen molar-refractivity contribution in [2.24, 2.45) is 17.8 Å². The van der Waals surface area contributed by atoms with Crippen molar-refractivity contribution in [3.63, 3.8) is 0 Å². The van der Waals surface area contributed by atoms with Gasteiger partial charge in [0.1, 0.15) is 0 Å². The van der Waals surface area contributed by atoms with E-state index in [4.69, 9.17) is 6.42 Å². The van der Waals surface area contributed by atoms with Crippen molar-refractivity contribution >= 4 is 11.9 Å². The second-order valence-corrected chi connectivity index (χ2v) is 3.23. The molecule has 0 saturated carbocycles. The van der Waals surface area contributed by atoms with Gasteiger partial charge in [0.15, 0.2) is 0 Å². The number of ether oxygens (including phenoxy) is 1. The lowest BCUT2D eigenvalue weighted by atomic mass is 9.78. The molecule has 3 heteroatoms. The van der Waals surface area contributed by atoms with Crippen LogP contribution in [-0.2, 0) is 14.3 Å². The molecular formula is C10H8O3. The van der Waals surface area contributed by atoms with Crippen molar-refractivity contribution in [2.45, 2.75) is 6.42 Å². The van der Waals surface area contributed by atoms with Crippen LogP contribution in [0.4, 0.5) is 0 Å². The number of allylic oxidation sites excluding steroid dienone is 2. The number of hydrogen-bond acceptors (Lipinski definition) is 3. The summed E-state index contributed by atoms with van der Waals surface area (Å²) in [7, 11) is 0. The Labute approximate surface area is 75.8 Å². The maximum absolute atomic E-state index is 11.2. The summed E-state index contributed by atoms with van der Waals surface area (Å²) < 4.78 is 4.53. The van der Waals surface area contributed by atoms with E-state index in [0.29, 0.717) is 6.42 Å². The molecule has 2 rings (SSSR count). The van der Waals surface area contributed by atoms with Gasteiger partial charge in [0.2, 0.25) is 0 Å². The van der Waals surface area contributed by atoms with Gasteiger partial charge in [-0.15, -0.1) is 6.42 Å². The van der Waals surface area contributed by atoms with Crippen molar-refractivity contribution in [3.8, 4) is 12.3 Å². The molecule has 0 amide bonds. The third-order valence-electron chi connectivity index (χ3n) is 2.52. The molecule has 0 bridgehead atoms. The van der Waals surface area contributed by atoms with Crippen LogP contribution in [-0.4, -0.2) is 11.9 Å². The first-order chi connectivity index (χ1) is 6.24. The van der Waals surface area contributed by atoms with Crippen LogP contribution in [0.3, 0.4) is 0 Å². The molecular weight excluding hydrogens is 168 g/mol. The van der Waals surface area contributed by atoms with Gasteiger partial charge in [-0.05, 0) is 6.42 Å². The molecule has 0 aromatic rings. The van der Waals surface area contributed by atoms with Crippen molar-refractivity contribution in [1.82, 2.24) is 0 Å². The zero-order valence-electron chi connectivity index (χ0n) is 6.90. The third kappa shape index (κ3) is 1.06. The van der Waals surface area contributed by atoms with E-state index in [-0.39, 0.29) is 11.8 Å². The molecule has 66 valence electrons. The lowest BCUT2D eigenvalue weighted by Gasteiger charge is -2.19. The Kier molecular flexibility index (Phi) is 1.70. The van der Waals surface area contributed by atoms with Gasteiger partial charge in [-0.3, -0.25) is 9.59 Å². The second-order valence-electron chi connectivity index (χ2n) is 3.23. The molecule has 1 saturated heterocycles. The van der Waals surface area contributed by atoms with Gasteiger partial charge in [-0.2, -0.15) is 0 Å². The molecule has 0 N–H and O–H groups in total. The Morgan fingerprint density at radius 2 is 2.23 bits per heavy atom. The number of terminal acetylenes is 1. The quantitative estimate of drug-likeness (QED) is 0.234. The summed E-state index contributed by atoms with van der Waals surface area (Å²) in [6.45, 7) is 0. The Morgan fingerprint density at radius 1 is 1.46 bits per heavy atom. The minimum Gasteiger partial charge on any atom is -0.393 e. The summed E-state index contributed by atoms with van der Waals surface area (Å²) in [5.41, 5.74) is 0. The molecule has 2 aliphatic rings. The fourth-order valence-electron chi connectivity index (χ4n) is 1.84. The summed E-state index contributed by atoms with van der Waals surface area (Å²) in [4.78, 5) is 22.4. The van der Waals surface area contributed by atoms with E-state index in [9.17, 15) is 9.59 Å². The standard InChI is InChI=1S/C10H8O3/c1-2-6-4-3-5-7-8(6)10(12)13-9(7)11/h1,3-4,6-8H,5H2. The molecule has 13 heavy (non-hydrogen) atoms. The summed E-state index contributed by atoms with van der Waals surface area (Å²) >= 11 is 0. The third-order valence-corrected chi connectivity index (χ3v) is 2.52. The van der Waals surface area contributed by atoms with E-state index in [1.165, 1.54) is 0 Å². The Bertz CT molecular complexity index is 335. The van der Waals surface area contributed by atoms with Gasteiger partial charge in [0.05, 0.1) is 17.8 Å². The molecule has 1 aliphatic carbocycles. The first kappa shape index (κ1) is 8.06. The highest BCUT2D eigenvalue weighted by Crippen LogP contribution is 2.36. The normalized spacial score (nSPS) is 36.7. The van der Waals surface area contributed by atoms with Crippen LogP contribution in [0, 0.1) is 30.1 Å². The van der Waals surface area contributed by atoms with E-state index in [0.717, 1.165) is 0 Å². The zero-order chi connectivity index (χ0) is 9.42. The van der Waals surface area contributed by atoms with E-state index < -0.39 is 17.9 Å². The van der Waals surface area contributed by atoms with Crippen LogP contribution in [0.25, 0.3) is 0 Å². The van der Waals surface area contributed by atoms with Crippen molar-refractivity contribution in [1.29, 1.82) is 0 Å². The minimum absolute atomic E-state index is 0.280. The fourth-order valence-corrected chi connectivity index (χ4v) is 1.84. The molecule has 0 spiro atoms. The molecule has 0 radical (unpaired) electrons. The van der Waals surface area contributed by atoms with Crippen molar-refractivity contribution < 1.29 is 14.3 Å². The number of carbonyl (C=O) groups excluding carboxylic acids is 2. The maximum Gasteiger partial charge on any atom is 0.319 e. The summed E-state index contributed by atoms with van der Waals surface area (Å²) in [6.07, 6.45) is 9.44. The lowest BCUT2D eigenvalue weighted by molar-refractivity contribution is -0.153. The number of fused-ring (bicyclic) bond motifs is 1. The van der Waals surface area contributed by atoms with Crippen LogP contribution < -0.4 is 0 Å². The first-order valence-corrected chi connectivity index (χ1v) is 4.12. The van der Waals surface area contributed by atoms with Crippen LogP contribution in [0.1, 0.15) is 6.42 Å². The van der Waals surface area contributed by atoms with Gasteiger partial charge in [0.25, 0.3) is 0 Å². The van der Waals surface area contributed by atoms with Crippen molar-refractivity contribution in [3.05, 3.63) is 12.2 Å². The minimum atomic E-state index is -0.470. The number of carbonyl (C=O) groups is 2. The monoisotopic (exact) mass is 176 g/mol. The van der Waals surface area contributed by atoms with E-state index >= 15 is 0 Å². The summed E-state index contributed by atoms with van der Waals surface area (Å²) in [5, 5.41) is 0. The maximum atomic E-state index is 11.2. The average molecular weight is 176 g/mol. The number of rotatable bonds is 0. The molecule has 0 aromatic heterocycles. The van der Waals surface area contributed by atoms with Gasteiger partial charge >= 0.3 is 11.9 Å². The number of esters is 2. The van der Waals surface area contributed by atoms with E-state index in [1.54, 1.807) is 6.08 Å². The Hall–Kier alpha value is -1.56. The molecule has 3 nitrogen and oxygen atoms in total. The molecule has 0 aromatic carbocycles. The van der Waals surface area contributed by atoms with Gasteiger partial charge in [0, 0.05) is 0 Å². The molecule has 1 heterocycles. The summed E-state index contributed by atoms with van der Waals surface area (Å²) in [6, 6.07) is 0. The molecule has 1 aliphatic heterocycles. The van der Waals surface area contributed by atoms with E-state index in [2.05, 4.69) is 10.7 Å². The smallest absolute Gasteiger partial charge is 0.319 e. The summed E-state index contributed by atoms with van der Waals surface area (Å²) in [5.74, 6) is 0.515. The topological polar surface area (TPSA) is 43.4 Å².